The Morgan fingerprint density at radius 1 is 0.735 bits per heavy atom. The number of halogens is 7. The summed E-state index contributed by atoms with van der Waals surface area (Å²) in [5, 5.41) is 0. The molecule has 184 valence electrons. The van der Waals surface area contributed by atoms with Crippen LogP contribution in [0.15, 0.2) is 48.5 Å². The van der Waals surface area contributed by atoms with Crippen molar-refractivity contribution in [3.05, 3.63) is 71.3 Å². The van der Waals surface area contributed by atoms with E-state index in [0.29, 0.717) is 46.6 Å². The molecule has 0 saturated heterocycles. The number of alkyl halides is 4. The Morgan fingerprint density at radius 2 is 1.35 bits per heavy atom. The first-order chi connectivity index (χ1) is 16.1. The second-order valence-electron chi connectivity index (χ2n) is 6.56. The Balaban J connectivity index is 0.000000270. The summed E-state index contributed by atoms with van der Waals surface area (Å²) in [7, 11) is 4.54. The van der Waals surface area contributed by atoms with Crippen molar-refractivity contribution in [3.8, 4) is 34.1 Å². The second-order valence-corrected chi connectivity index (χ2v) is 6.56. The predicted octanol–water partition coefficient (Wildman–Crippen LogP) is 7.10. The summed E-state index contributed by atoms with van der Waals surface area (Å²) in [4.78, 5) is 3.06. The molecule has 3 aromatic rings. The van der Waals surface area contributed by atoms with Crippen LogP contribution in [0.25, 0.3) is 11.1 Å². The van der Waals surface area contributed by atoms with E-state index in [-0.39, 0.29) is 5.56 Å². The van der Waals surface area contributed by atoms with E-state index in [1.165, 1.54) is 33.5 Å². The SMILES string of the molecule is COc1cc(OC)c(-c2ccc(CF)c(F)c2)c(OC)c1.FOc1ccc(C(F)(F)F)c(F)c1. The Morgan fingerprint density at radius 3 is 1.76 bits per heavy atom. The first kappa shape index (κ1) is 26.6. The van der Waals surface area contributed by atoms with Crippen molar-refractivity contribution in [3.63, 3.8) is 0 Å². The molecule has 34 heavy (non-hydrogen) atoms. The molecule has 0 aromatic heterocycles. The van der Waals surface area contributed by atoms with Gasteiger partial charge < -0.3 is 14.2 Å². The molecule has 4 nitrogen and oxygen atoms in total. The number of rotatable bonds is 6. The molecule has 3 aromatic carbocycles. The quantitative estimate of drug-likeness (QED) is 0.344. The molecule has 0 atom stereocenters. The molecule has 0 fully saturated rings. The fraction of sp³-hybridized carbons (Fsp3) is 0.217. The number of methoxy groups -OCH3 is 3. The number of hydrogen-bond donors (Lipinski definition) is 0. The van der Waals surface area contributed by atoms with E-state index in [0.717, 1.165) is 0 Å². The summed E-state index contributed by atoms with van der Waals surface area (Å²) in [6, 6.07) is 9.08. The molecule has 0 spiro atoms. The fourth-order valence-electron chi connectivity index (χ4n) is 2.88. The summed E-state index contributed by atoms with van der Waals surface area (Å²) < 4.78 is 102. The highest BCUT2D eigenvalue weighted by Gasteiger charge is 2.34. The summed E-state index contributed by atoms with van der Waals surface area (Å²) in [6.45, 7) is -0.844. The molecule has 0 aliphatic heterocycles. The standard InChI is InChI=1S/C16H16F2O3.C7H3F5O/c1-19-12-7-14(20-2)16(15(8-12)21-3)10-4-5-11(9-17)13(18)6-10;8-6-3-4(13-12)1-2-5(6)7(9,10)11/h4-8H,9H2,1-3H3;1-3H. The third-order valence-corrected chi connectivity index (χ3v) is 4.54. The fourth-order valence-corrected chi connectivity index (χ4v) is 2.88. The molecule has 0 amide bonds. The smallest absolute Gasteiger partial charge is 0.419 e. The zero-order valence-electron chi connectivity index (χ0n) is 18.1. The molecule has 0 unspecified atom stereocenters. The number of ether oxygens (including phenoxy) is 3. The number of hydrogen-bond acceptors (Lipinski definition) is 4. The lowest BCUT2D eigenvalue weighted by Crippen LogP contribution is -2.07. The van der Waals surface area contributed by atoms with E-state index in [1.807, 2.05) is 0 Å². The summed E-state index contributed by atoms with van der Waals surface area (Å²) in [6.07, 6.45) is -4.78. The molecular formula is C23H19F7O4. The van der Waals surface area contributed by atoms with Crippen LogP contribution < -0.4 is 19.2 Å². The minimum Gasteiger partial charge on any atom is -0.496 e. The molecule has 0 heterocycles. The van der Waals surface area contributed by atoms with Crippen molar-refractivity contribution in [1.29, 1.82) is 0 Å². The van der Waals surface area contributed by atoms with Crippen LogP contribution in [0.5, 0.6) is 23.0 Å². The highest BCUT2D eigenvalue weighted by atomic mass is 19.4. The molecule has 3 rings (SSSR count). The van der Waals surface area contributed by atoms with Crippen molar-refractivity contribution in [2.45, 2.75) is 12.9 Å². The van der Waals surface area contributed by atoms with Crippen molar-refractivity contribution < 1.29 is 50.0 Å². The normalized spacial score (nSPS) is 10.8. The Bertz CT molecular complexity index is 1090. The molecule has 0 bridgehead atoms. The first-order valence-electron chi connectivity index (χ1n) is 9.39. The molecule has 0 N–H and O–H groups in total. The maximum Gasteiger partial charge on any atom is 0.419 e. The highest BCUT2D eigenvalue weighted by molar-refractivity contribution is 5.78. The van der Waals surface area contributed by atoms with Gasteiger partial charge in [-0.3, -0.25) is 4.94 Å². The van der Waals surface area contributed by atoms with Gasteiger partial charge in [0.15, 0.2) is 5.75 Å². The first-order valence-corrected chi connectivity index (χ1v) is 9.39. The van der Waals surface area contributed by atoms with Crippen molar-refractivity contribution in [1.82, 2.24) is 0 Å². The van der Waals surface area contributed by atoms with Crippen LogP contribution in [0.2, 0.25) is 0 Å². The van der Waals surface area contributed by atoms with Gasteiger partial charge in [-0.05, 0) is 23.8 Å². The van der Waals surface area contributed by atoms with Gasteiger partial charge in [-0.25, -0.2) is 13.2 Å². The van der Waals surface area contributed by atoms with Crippen LogP contribution in [-0.4, -0.2) is 21.3 Å². The summed E-state index contributed by atoms with van der Waals surface area (Å²) in [5.41, 5.74) is -0.301. The lowest BCUT2D eigenvalue weighted by atomic mass is 10.0. The maximum absolute atomic E-state index is 13.8. The van der Waals surface area contributed by atoms with E-state index in [1.54, 1.807) is 18.2 Å². The van der Waals surface area contributed by atoms with E-state index in [9.17, 15) is 30.9 Å². The lowest BCUT2D eigenvalue weighted by Gasteiger charge is -2.15. The molecule has 0 aliphatic rings. The van der Waals surface area contributed by atoms with Gasteiger partial charge in [0.2, 0.25) is 0 Å². The molecule has 0 saturated carbocycles. The maximum atomic E-state index is 13.8. The largest absolute Gasteiger partial charge is 0.496 e. The van der Waals surface area contributed by atoms with Crippen LogP contribution in [0.3, 0.4) is 0 Å². The highest BCUT2D eigenvalue weighted by Crippen LogP contribution is 2.42. The van der Waals surface area contributed by atoms with Crippen LogP contribution in [-0.2, 0) is 12.9 Å². The monoisotopic (exact) mass is 492 g/mol. The van der Waals surface area contributed by atoms with Gasteiger partial charge in [-0.1, -0.05) is 12.1 Å². The molecule has 0 aliphatic carbocycles. The molecule has 0 radical (unpaired) electrons. The van der Waals surface area contributed by atoms with Gasteiger partial charge in [0.05, 0.1) is 32.5 Å². The van der Waals surface area contributed by atoms with Gasteiger partial charge in [-0.15, -0.1) is 0 Å². The Kier molecular flexibility index (Phi) is 8.99. The van der Waals surface area contributed by atoms with Gasteiger partial charge in [0.25, 0.3) is 0 Å². The second kappa shape index (κ2) is 11.5. The summed E-state index contributed by atoms with van der Waals surface area (Å²) in [5.74, 6) is -1.24. The molecular weight excluding hydrogens is 473 g/mol. The Hall–Kier alpha value is -3.63. The van der Waals surface area contributed by atoms with Crippen molar-refractivity contribution in [2.75, 3.05) is 21.3 Å². The average Bonchev–Trinajstić information content (AvgIpc) is 2.82. The zero-order valence-corrected chi connectivity index (χ0v) is 18.1. The van der Waals surface area contributed by atoms with E-state index >= 15 is 0 Å². The van der Waals surface area contributed by atoms with Crippen LogP contribution in [0.4, 0.5) is 30.9 Å². The number of benzene rings is 3. The van der Waals surface area contributed by atoms with E-state index in [2.05, 4.69) is 4.94 Å². The zero-order chi connectivity index (χ0) is 25.5. The van der Waals surface area contributed by atoms with Crippen LogP contribution in [0, 0.1) is 11.6 Å². The van der Waals surface area contributed by atoms with E-state index < -0.39 is 35.8 Å². The minimum atomic E-state index is -4.78. The van der Waals surface area contributed by atoms with Gasteiger partial charge in [0.1, 0.15) is 35.6 Å². The van der Waals surface area contributed by atoms with Crippen LogP contribution in [0.1, 0.15) is 11.1 Å². The third-order valence-electron chi connectivity index (χ3n) is 4.54. The van der Waals surface area contributed by atoms with Gasteiger partial charge in [0, 0.05) is 28.3 Å². The van der Waals surface area contributed by atoms with Crippen molar-refractivity contribution >= 4 is 0 Å². The van der Waals surface area contributed by atoms with Crippen molar-refractivity contribution in [2.24, 2.45) is 0 Å². The minimum absolute atomic E-state index is 0.0187. The Labute approximate surface area is 190 Å². The molecule has 11 heteroatoms. The lowest BCUT2D eigenvalue weighted by molar-refractivity contribution is -0.140. The predicted molar refractivity (Wildman–Crippen MR) is 109 cm³/mol. The van der Waals surface area contributed by atoms with E-state index in [4.69, 9.17) is 14.2 Å². The van der Waals surface area contributed by atoms with Gasteiger partial charge in [-0.2, -0.15) is 13.2 Å². The van der Waals surface area contributed by atoms with Gasteiger partial charge >= 0.3 is 6.18 Å². The summed E-state index contributed by atoms with van der Waals surface area (Å²) >= 11 is 0. The topological polar surface area (TPSA) is 36.9 Å². The average molecular weight is 492 g/mol. The third kappa shape index (κ3) is 6.24. The van der Waals surface area contributed by atoms with Crippen LogP contribution >= 0.6 is 0 Å².